The van der Waals surface area contributed by atoms with Gasteiger partial charge in [-0.1, -0.05) is 30.0 Å². The van der Waals surface area contributed by atoms with Crippen LogP contribution in [-0.4, -0.2) is 40.8 Å². The van der Waals surface area contributed by atoms with Gasteiger partial charge in [-0.05, 0) is 73.9 Å². The fourth-order valence-electron chi connectivity index (χ4n) is 4.15. The van der Waals surface area contributed by atoms with Crippen LogP contribution in [0.2, 0.25) is 0 Å². The Hall–Kier alpha value is -4.31. The topological polar surface area (TPSA) is 94.5 Å². The van der Waals surface area contributed by atoms with Gasteiger partial charge in [0.25, 0.3) is 0 Å². The van der Waals surface area contributed by atoms with Gasteiger partial charge in [-0.25, -0.2) is 9.37 Å². The van der Waals surface area contributed by atoms with Crippen LogP contribution in [0.4, 0.5) is 15.8 Å². The van der Waals surface area contributed by atoms with Crippen LogP contribution < -0.4 is 20.1 Å². The Morgan fingerprint density at radius 1 is 1.00 bits per heavy atom. The lowest BCUT2D eigenvalue weighted by Gasteiger charge is -2.17. The minimum atomic E-state index is -0.525. The van der Waals surface area contributed by atoms with E-state index in [9.17, 15) is 14.0 Å². The third-order valence-electron chi connectivity index (χ3n) is 6.32. The smallest absolute Gasteiger partial charge is 0.244 e. The van der Waals surface area contributed by atoms with E-state index >= 15 is 0 Å². The Balaban J connectivity index is 1.60. The number of anilines is 2. The van der Waals surface area contributed by atoms with E-state index < -0.39 is 5.25 Å². The first-order chi connectivity index (χ1) is 19.2. The van der Waals surface area contributed by atoms with Gasteiger partial charge >= 0.3 is 0 Å². The molecule has 0 unspecified atom stereocenters. The molecule has 0 bridgehead atoms. The van der Waals surface area contributed by atoms with Gasteiger partial charge in [-0.2, -0.15) is 0 Å². The normalized spacial score (nSPS) is 11.6. The molecular weight excluding hydrogens is 531 g/mol. The van der Waals surface area contributed by atoms with Crippen LogP contribution in [0, 0.1) is 19.7 Å². The van der Waals surface area contributed by atoms with Crippen LogP contribution >= 0.6 is 11.8 Å². The molecule has 0 aliphatic carbocycles. The molecule has 0 radical (unpaired) electrons. The van der Waals surface area contributed by atoms with Crippen LogP contribution in [0.15, 0.2) is 72.0 Å². The van der Waals surface area contributed by atoms with E-state index in [2.05, 4.69) is 15.6 Å². The second kappa shape index (κ2) is 12.7. The maximum Gasteiger partial charge on any atom is 0.244 e. The van der Waals surface area contributed by atoms with E-state index in [-0.39, 0.29) is 24.2 Å². The summed E-state index contributed by atoms with van der Waals surface area (Å²) in [6, 6.07) is 16.9. The van der Waals surface area contributed by atoms with Crippen molar-refractivity contribution in [3.63, 3.8) is 0 Å². The number of imidazole rings is 1. The van der Waals surface area contributed by atoms with Gasteiger partial charge in [-0.3, -0.25) is 9.59 Å². The molecule has 0 aliphatic heterocycles. The summed E-state index contributed by atoms with van der Waals surface area (Å²) in [5.74, 6) is 0.132. The molecule has 208 valence electrons. The zero-order valence-corrected chi connectivity index (χ0v) is 23.8. The highest BCUT2D eigenvalue weighted by Crippen LogP contribution is 2.32. The minimum Gasteiger partial charge on any atom is -0.497 e. The minimum absolute atomic E-state index is 0.110. The molecule has 8 nitrogen and oxygen atoms in total. The Morgan fingerprint density at radius 3 is 2.35 bits per heavy atom. The molecule has 3 aromatic carbocycles. The van der Waals surface area contributed by atoms with Gasteiger partial charge in [0.15, 0.2) is 5.16 Å². The molecule has 4 rings (SSSR count). The zero-order chi connectivity index (χ0) is 28.8. The quantitative estimate of drug-likeness (QED) is 0.228. The predicted octanol–water partition coefficient (Wildman–Crippen LogP) is 6.08. The standard InChI is InChI=1S/C30H31FN4O4S/c1-18-7-6-8-19(2)28(18)34-29(37)20(3)40-30-32-16-25(21-9-11-22(31)12-10-21)35(30)17-27(36)33-24-15-23(38-4)13-14-26(24)39-5/h6-16,20H,17H2,1-5H3,(H,33,36)(H,34,37)/t20-/m0/s1. The molecule has 40 heavy (non-hydrogen) atoms. The third kappa shape index (κ3) is 6.63. The van der Waals surface area contributed by atoms with Gasteiger partial charge in [0.1, 0.15) is 23.9 Å². The monoisotopic (exact) mass is 562 g/mol. The molecule has 4 aromatic rings. The maximum atomic E-state index is 13.6. The SMILES string of the molecule is COc1ccc(OC)c(NC(=O)Cn2c(-c3ccc(F)cc3)cnc2S[C@@H](C)C(=O)Nc2c(C)cccc2C)c1. The lowest BCUT2D eigenvalue weighted by atomic mass is 10.1. The second-order valence-electron chi connectivity index (χ2n) is 9.15. The van der Waals surface area contributed by atoms with E-state index in [1.807, 2.05) is 32.0 Å². The summed E-state index contributed by atoms with van der Waals surface area (Å²) >= 11 is 1.23. The van der Waals surface area contributed by atoms with Crippen molar-refractivity contribution in [1.29, 1.82) is 0 Å². The van der Waals surface area contributed by atoms with Crippen LogP contribution in [0.5, 0.6) is 11.5 Å². The third-order valence-corrected chi connectivity index (χ3v) is 7.43. The maximum absolute atomic E-state index is 13.6. The van der Waals surface area contributed by atoms with E-state index in [4.69, 9.17) is 9.47 Å². The van der Waals surface area contributed by atoms with E-state index in [0.717, 1.165) is 16.8 Å². The number of carbonyl (C=O) groups is 2. The lowest BCUT2D eigenvalue weighted by Crippen LogP contribution is -2.25. The molecule has 1 aromatic heterocycles. The highest BCUT2D eigenvalue weighted by molar-refractivity contribution is 8.00. The largest absolute Gasteiger partial charge is 0.497 e. The average molecular weight is 563 g/mol. The lowest BCUT2D eigenvalue weighted by molar-refractivity contribution is -0.117. The molecular formula is C30H31FN4O4S. The number of carbonyl (C=O) groups excluding carboxylic acids is 2. The molecule has 2 N–H and O–H groups in total. The summed E-state index contributed by atoms with van der Waals surface area (Å²) in [7, 11) is 3.05. The molecule has 0 saturated carbocycles. The zero-order valence-electron chi connectivity index (χ0n) is 22.9. The number of aromatic nitrogens is 2. The van der Waals surface area contributed by atoms with Gasteiger partial charge in [0, 0.05) is 11.8 Å². The van der Waals surface area contributed by atoms with Crippen molar-refractivity contribution in [3.05, 3.63) is 83.8 Å². The second-order valence-corrected chi connectivity index (χ2v) is 10.5. The van der Waals surface area contributed by atoms with Crippen molar-refractivity contribution in [2.75, 3.05) is 24.9 Å². The number of thioether (sulfide) groups is 1. The number of benzene rings is 3. The van der Waals surface area contributed by atoms with Crippen molar-refractivity contribution >= 4 is 35.0 Å². The molecule has 10 heteroatoms. The number of aryl methyl sites for hydroxylation is 2. The fraction of sp³-hybridized carbons (Fsp3) is 0.233. The summed E-state index contributed by atoms with van der Waals surface area (Å²) in [6.45, 7) is 5.56. The Kier molecular flexibility index (Phi) is 9.11. The van der Waals surface area contributed by atoms with Crippen molar-refractivity contribution in [1.82, 2.24) is 9.55 Å². The van der Waals surface area contributed by atoms with E-state index in [1.54, 1.807) is 48.0 Å². The first-order valence-electron chi connectivity index (χ1n) is 12.6. The Morgan fingerprint density at radius 2 is 1.70 bits per heavy atom. The number of methoxy groups -OCH3 is 2. The summed E-state index contributed by atoms with van der Waals surface area (Å²) in [5, 5.41) is 5.83. The van der Waals surface area contributed by atoms with E-state index in [1.165, 1.54) is 38.1 Å². The number of para-hydroxylation sites is 1. The van der Waals surface area contributed by atoms with Crippen LogP contribution in [0.1, 0.15) is 18.1 Å². The Bertz CT molecular complexity index is 1500. The molecule has 2 amide bonds. The summed E-state index contributed by atoms with van der Waals surface area (Å²) < 4.78 is 26.0. The number of ether oxygens (including phenoxy) is 2. The van der Waals surface area contributed by atoms with Crippen molar-refractivity contribution in [2.24, 2.45) is 0 Å². The van der Waals surface area contributed by atoms with Crippen molar-refractivity contribution in [2.45, 2.75) is 37.7 Å². The first-order valence-corrected chi connectivity index (χ1v) is 13.4. The molecule has 0 spiro atoms. The number of halogens is 1. The van der Waals surface area contributed by atoms with Gasteiger partial charge < -0.3 is 24.7 Å². The number of amides is 2. The number of hydrogen-bond acceptors (Lipinski definition) is 6. The van der Waals surface area contributed by atoms with Gasteiger partial charge in [0.05, 0.1) is 37.0 Å². The molecule has 1 atom stereocenters. The van der Waals surface area contributed by atoms with Crippen molar-refractivity contribution in [3.8, 4) is 22.8 Å². The van der Waals surface area contributed by atoms with Crippen LogP contribution in [0.25, 0.3) is 11.3 Å². The number of nitrogens with one attached hydrogen (secondary N) is 2. The highest BCUT2D eigenvalue weighted by atomic mass is 32.2. The first kappa shape index (κ1) is 28.7. The Labute approximate surface area is 236 Å². The number of rotatable bonds is 10. The fourth-order valence-corrected chi connectivity index (χ4v) is 5.04. The summed E-state index contributed by atoms with van der Waals surface area (Å²) in [4.78, 5) is 30.9. The van der Waals surface area contributed by atoms with Gasteiger partial charge in [-0.15, -0.1) is 0 Å². The van der Waals surface area contributed by atoms with Crippen molar-refractivity contribution < 1.29 is 23.5 Å². The van der Waals surface area contributed by atoms with Gasteiger partial charge in [0.2, 0.25) is 11.8 Å². The van der Waals surface area contributed by atoms with Crippen LogP contribution in [-0.2, 0) is 16.1 Å². The molecule has 0 aliphatic rings. The number of nitrogens with zero attached hydrogens (tertiary/aromatic N) is 2. The summed E-state index contributed by atoms with van der Waals surface area (Å²) in [6.07, 6.45) is 1.62. The average Bonchev–Trinajstić information content (AvgIpc) is 3.32. The summed E-state index contributed by atoms with van der Waals surface area (Å²) in [5.41, 5.74) is 4.45. The molecule has 0 fully saturated rings. The molecule has 1 heterocycles. The highest BCUT2D eigenvalue weighted by Gasteiger charge is 2.22. The van der Waals surface area contributed by atoms with E-state index in [0.29, 0.717) is 33.6 Å². The molecule has 0 saturated heterocycles. The predicted molar refractivity (Wildman–Crippen MR) is 156 cm³/mol. The van der Waals surface area contributed by atoms with Crippen LogP contribution in [0.3, 0.4) is 0 Å². The number of hydrogen-bond donors (Lipinski definition) is 2.